The molecule has 0 atom stereocenters. The highest BCUT2D eigenvalue weighted by molar-refractivity contribution is 7.90. The topological polar surface area (TPSA) is 63.2 Å². The maximum atomic E-state index is 12.0. The van der Waals surface area contributed by atoms with Crippen molar-refractivity contribution in [2.24, 2.45) is 11.8 Å². The molecule has 8 heteroatoms. The molecule has 1 aliphatic rings. The molecule has 0 bridgehead atoms. The maximum Gasteiger partial charge on any atom is 0.516 e. The number of hydrogen-bond donors (Lipinski definition) is 1. The lowest BCUT2D eigenvalue weighted by molar-refractivity contribution is -0.121. The molecule has 106 valence electrons. The van der Waals surface area contributed by atoms with Crippen molar-refractivity contribution in [2.45, 2.75) is 44.5 Å². The van der Waals surface area contributed by atoms with E-state index in [4.69, 9.17) is 0 Å². The zero-order valence-electron chi connectivity index (χ0n) is 9.96. The summed E-state index contributed by atoms with van der Waals surface area (Å²) in [7, 11) is -5.56. The first-order chi connectivity index (χ1) is 8.12. The maximum absolute atomic E-state index is 12.0. The number of rotatable bonds is 3. The van der Waals surface area contributed by atoms with E-state index in [0.717, 1.165) is 30.4 Å². The van der Waals surface area contributed by atoms with E-state index in [1.807, 2.05) is 0 Å². The largest absolute Gasteiger partial charge is 0.516 e. The average molecular weight is 287 g/mol. The quantitative estimate of drug-likeness (QED) is 0.865. The van der Waals surface area contributed by atoms with Crippen LogP contribution in [0.3, 0.4) is 0 Å². The minimum absolute atomic E-state index is 0.0235. The lowest BCUT2D eigenvalue weighted by Crippen LogP contribution is -2.40. The molecule has 0 heterocycles. The summed E-state index contributed by atoms with van der Waals surface area (Å²) in [6.45, 7) is 2.07. The van der Waals surface area contributed by atoms with Crippen LogP contribution < -0.4 is 4.72 Å². The van der Waals surface area contributed by atoms with Crippen LogP contribution in [-0.2, 0) is 14.8 Å². The van der Waals surface area contributed by atoms with Crippen LogP contribution in [0.4, 0.5) is 13.2 Å². The first-order valence-corrected chi connectivity index (χ1v) is 7.22. The van der Waals surface area contributed by atoms with E-state index in [9.17, 15) is 26.4 Å². The average Bonchev–Trinajstić information content (AvgIpc) is 2.19. The van der Waals surface area contributed by atoms with Crippen LogP contribution in [0.25, 0.3) is 0 Å². The van der Waals surface area contributed by atoms with Crippen LogP contribution in [-0.4, -0.2) is 19.8 Å². The van der Waals surface area contributed by atoms with Gasteiger partial charge in [0.05, 0.1) is 0 Å². The van der Waals surface area contributed by atoms with E-state index in [2.05, 4.69) is 6.92 Å². The molecule has 0 radical (unpaired) electrons. The first-order valence-electron chi connectivity index (χ1n) is 5.73. The second-order valence-corrected chi connectivity index (χ2v) is 6.48. The van der Waals surface area contributed by atoms with Gasteiger partial charge in [0.1, 0.15) is 0 Å². The van der Waals surface area contributed by atoms with Gasteiger partial charge >= 0.3 is 15.5 Å². The predicted octanol–water partition coefficient (Wildman–Crippen LogP) is 2.17. The van der Waals surface area contributed by atoms with Gasteiger partial charge in [0.2, 0.25) is 5.91 Å². The standard InChI is InChI=1S/C10H16F3NO3S/c1-7-2-4-8(5-3-7)6-9(15)14-18(16,17)10(11,12)13/h7-8H,2-6H2,1H3,(H,14,15). The zero-order valence-corrected chi connectivity index (χ0v) is 10.8. The fourth-order valence-electron chi connectivity index (χ4n) is 2.04. The lowest BCUT2D eigenvalue weighted by Gasteiger charge is -2.25. The first kappa shape index (κ1) is 15.3. The molecule has 0 unspecified atom stereocenters. The highest BCUT2D eigenvalue weighted by Crippen LogP contribution is 2.30. The van der Waals surface area contributed by atoms with E-state index < -0.39 is 21.4 Å². The molecule has 0 saturated heterocycles. The van der Waals surface area contributed by atoms with E-state index in [-0.39, 0.29) is 12.3 Å². The minimum Gasteiger partial charge on any atom is -0.274 e. The predicted molar refractivity (Wildman–Crippen MR) is 58.9 cm³/mol. The molecule has 1 rings (SSSR count). The van der Waals surface area contributed by atoms with Crippen molar-refractivity contribution >= 4 is 15.9 Å². The smallest absolute Gasteiger partial charge is 0.274 e. The molecule has 4 nitrogen and oxygen atoms in total. The molecule has 1 N–H and O–H groups in total. The van der Waals surface area contributed by atoms with Crippen LogP contribution in [0.15, 0.2) is 0 Å². The Bertz CT molecular complexity index is 397. The van der Waals surface area contributed by atoms with Crippen molar-refractivity contribution in [2.75, 3.05) is 0 Å². The molecule has 1 aliphatic carbocycles. The number of halogens is 3. The zero-order chi connectivity index (χ0) is 14.0. The summed E-state index contributed by atoms with van der Waals surface area (Å²) < 4.78 is 58.5. The molecule has 0 aromatic carbocycles. The fraction of sp³-hybridized carbons (Fsp3) is 0.900. The van der Waals surface area contributed by atoms with Crippen LogP contribution in [0.1, 0.15) is 39.0 Å². The molecule has 0 aromatic rings. The highest BCUT2D eigenvalue weighted by atomic mass is 32.2. The number of carbonyl (C=O) groups is 1. The number of hydrogen-bond acceptors (Lipinski definition) is 3. The van der Waals surface area contributed by atoms with E-state index >= 15 is 0 Å². The number of amides is 1. The Balaban J connectivity index is 2.48. The molecular weight excluding hydrogens is 271 g/mol. The van der Waals surface area contributed by atoms with Gasteiger partial charge in [-0.05, 0) is 24.7 Å². The van der Waals surface area contributed by atoms with Crippen molar-refractivity contribution in [1.29, 1.82) is 0 Å². The third kappa shape index (κ3) is 4.15. The molecule has 0 aromatic heterocycles. The number of alkyl halides is 3. The third-order valence-electron chi connectivity index (χ3n) is 3.16. The van der Waals surface area contributed by atoms with Crippen molar-refractivity contribution in [1.82, 2.24) is 4.72 Å². The lowest BCUT2D eigenvalue weighted by atomic mass is 9.81. The second kappa shape index (κ2) is 5.46. The molecule has 0 spiro atoms. The summed E-state index contributed by atoms with van der Waals surface area (Å²) in [5.41, 5.74) is -5.44. The van der Waals surface area contributed by atoms with E-state index in [1.165, 1.54) is 0 Å². The minimum atomic E-state index is -5.56. The van der Waals surface area contributed by atoms with Crippen molar-refractivity contribution in [3.63, 3.8) is 0 Å². The third-order valence-corrected chi connectivity index (χ3v) is 4.27. The summed E-state index contributed by atoms with van der Waals surface area (Å²) >= 11 is 0. The SMILES string of the molecule is CC1CCC(CC(=O)NS(=O)(=O)C(F)(F)F)CC1. The Morgan fingerprint density at radius 2 is 1.72 bits per heavy atom. The van der Waals surface area contributed by atoms with Gasteiger partial charge in [-0.2, -0.15) is 21.6 Å². The van der Waals surface area contributed by atoms with E-state index in [1.54, 1.807) is 0 Å². The Morgan fingerprint density at radius 1 is 1.22 bits per heavy atom. The summed E-state index contributed by atoms with van der Waals surface area (Å²) in [6.07, 6.45) is 3.18. The van der Waals surface area contributed by atoms with Crippen LogP contribution in [0, 0.1) is 11.8 Å². The van der Waals surface area contributed by atoms with Gasteiger partial charge in [-0.25, -0.2) is 4.72 Å². The summed E-state index contributed by atoms with van der Waals surface area (Å²) in [5.74, 6) is -0.542. The van der Waals surface area contributed by atoms with Gasteiger partial charge in [0.15, 0.2) is 0 Å². The molecule has 0 aliphatic heterocycles. The Labute approximate surface area is 104 Å². The molecule has 1 amide bonds. The van der Waals surface area contributed by atoms with Crippen LogP contribution in [0.5, 0.6) is 0 Å². The molecule has 1 fully saturated rings. The fourth-order valence-corrected chi connectivity index (χ4v) is 2.54. The van der Waals surface area contributed by atoms with Gasteiger partial charge < -0.3 is 0 Å². The Morgan fingerprint density at radius 3 is 2.17 bits per heavy atom. The monoisotopic (exact) mass is 287 g/mol. The molecular formula is C10H16F3NO3S. The van der Waals surface area contributed by atoms with Gasteiger partial charge in [-0.1, -0.05) is 19.8 Å². The van der Waals surface area contributed by atoms with Gasteiger partial charge in [0, 0.05) is 6.42 Å². The Kier molecular flexibility index (Phi) is 4.63. The summed E-state index contributed by atoms with van der Waals surface area (Å²) in [5, 5.41) is 0. The van der Waals surface area contributed by atoms with E-state index in [0.29, 0.717) is 5.92 Å². The normalized spacial score (nSPS) is 25.8. The molecule has 18 heavy (non-hydrogen) atoms. The summed E-state index contributed by atoms with van der Waals surface area (Å²) in [6, 6.07) is 0. The Hall–Kier alpha value is -0.790. The number of sulfonamides is 1. The van der Waals surface area contributed by atoms with Gasteiger partial charge in [-0.15, -0.1) is 0 Å². The van der Waals surface area contributed by atoms with Gasteiger partial charge in [-0.3, -0.25) is 4.79 Å². The van der Waals surface area contributed by atoms with Crippen molar-refractivity contribution in [3.05, 3.63) is 0 Å². The van der Waals surface area contributed by atoms with Crippen LogP contribution >= 0.6 is 0 Å². The number of nitrogens with one attached hydrogen (secondary N) is 1. The second-order valence-electron chi connectivity index (χ2n) is 4.80. The van der Waals surface area contributed by atoms with Crippen LogP contribution in [0.2, 0.25) is 0 Å². The van der Waals surface area contributed by atoms with Crippen molar-refractivity contribution in [3.8, 4) is 0 Å². The summed E-state index contributed by atoms with van der Waals surface area (Å²) in [4.78, 5) is 11.3. The number of carbonyl (C=O) groups excluding carboxylic acids is 1. The van der Waals surface area contributed by atoms with Gasteiger partial charge in [0.25, 0.3) is 0 Å². The van der Waals surface area contributed by atoms with Crippen molar-refractivity contribution < 1.29 is 26.4 Å². The molecule has 1 saturated carbocycles. The highest BCUT2D eigenvalue weighted by Gasteiger charge is 2.47.